The van der Waals surface area contributed by atoms with Crippen LogP contribution < -0.4 is 11.1 Å². The van der Waals surface area contributed by atoms with Crippen LogP contribution >= 0.6 is 0 Å². The lowest BCUT2D eigenvalue weighted by Gasteiger charge is -2.29. The summed E-state index contributed by atoms with van der Waals surface area (Å²) in [7, 11) is 2.38. The molecule has 0 spiro atoms. The second-order valence-electron chi connectivity index (χ2n) is 3.56. The maximum absolute atomic E-state index is 5.69. The van der Waals surface area contributed by atoms with Crippen LogP contribution in [0.25, 0.3) is 0 Å². The van der Waals surface area contributed by atoms with Crippen molar-refractivity contribution in [2.24, 2.45) is 5.73 Å². The molecule has 0 saturated carbocycles. The van der Waals surface area contributed by atoms with Gasteiger partial charge in [-0.2, -0.15) is 0 Å². The van der Waals surface area contributed by atoms with Crippen LogP contribution in [0.15, 0.2) is 0 Å². The molecule has 0 saturated heterocycles. The molecule has 0 aliphatic heterocycles. The van der Waals surface area contributed by atoms with Gasteiger partial charge >= 0.3 is 8.80 Å². The Labute approximate surface area is 93.6 Å². The molecule has 0 amide bonds. The van der Waals surface area contributed by atoms with Gasteiger partial charge in [-0.15, -0.1) is 0 Å². The number of hydrogen-bond donors (Lipinski definition) is 2. The Morgan fingerprint density at radius 2 is 1.67 bits per heavy atom. The first-order valence-electron chi connectivity index (χ1n) is 5.20. The average Bonchev–Trinajstić information content (AvgIpc) is 2.24. The molecule has 15 heavy (non-hydrogen) atoms. The highest BCUT2D eigenvalue weighted by atomic mass is 28.4. The molecule has 2 atom stereocenters. The van der Waals surface area contributed by atoms with Gasteiger partial charge in [0.25, 0.3) is 0 Å². The van der Waals surface area contributed by atoms with Crippen molar-refractivity contribution in [1.29, 1.82) is 0 Å². The van der Waals surface area contributed by atoms with Gasteiger partial charge in [-0.25, -0.2) is 0 Å². The summed E-state index contributed by atoms with van der Waals surface area (Å²) < 4.78 is 16.1. The molecule has 0 aromatic rings. The first kappa shape index (κ1) is 15.0. The topological polar surface area (TPSA) is 65.7 Å². The van der Waals surface area contributed by atoms with E-state index in [1.165, 1.54) is 0 Å². The minimum Gasteiger partial charge on any atom is -0.377 e. The normalized spacial score (nSPS) is 16.4. The van der Waals surface area contributed by atoms with E-state index < -0.39 is 8.80 Å². The van der Waals surface area contributed by atoms with Gasteiger partial charge in [-0.1, -0.05) is 6.92 Å². The molecule has 0 fully saturated rings. The zero-order chi connectivity index (χ0) is 11.9. The van der Waals surface area contributed by atoms with E-state index in [9.17, 15) is 0 Å². The Morgan fingerprint density at radius 1 is 1.20 bits per heavy atom. The lowest BCUT2D eigenvalue weighted by molar-refractivity contribution is 0.119. The van der Waals surface area contributed by atoms with E-state index in [4.69, 9.17) is 19.0 Å². The molecule has 0 heterocycles. The number of rotatable bonds is 8. The van der Waals surface area contributed by atoms with Crippen LogP contribution in [0.2, 0.25) is 6.04 Å². The smallest absolute Gasteiger partial charge is 0.377 e. The van der Waals surface area contributed by atoms with Crippen molar-refractivity contribution < 1.29 is 13.3 Å². The fourth-order valence-corrected chi connectivity index (χ4v) is 3.50. The molecule has 5 nitrogen and oxygen atoms in total. The molecular weight excluding hydrogens is 212 g/mol. The summed E-state index contributed by atoms with van der Waals surface area (Å²) in [4.78, 5) is 0. The summed E-state index contributed by atoms with van der Waals surface area (Å²) in [5.74, 6) is 0. The van der Waals surface area contributed by atoms with E-state index in [0.717, 1.165) is 12.5 Å². The Hall–Kier alpha value is 0.0169. The molecule has 6 heteroatoms. The van der Waals surface area contributed by atoms with Crippen molar-refractivity contribution in [3.05, 3.63) is 0 Å². The molecule has 0 rings (SSSR count). The third-order valence-electron chi connectivity index (χ3n) is 2.42. The molecule has 3 N–H and O–H groups in total. The van der Waals surface area contributed by atoms with Crippen LogP contribution in [0.1, 0.15) is 20.3 Å². The van der Waals surface area contributed by atoms with E-state index >= 15 is 0 Å². The second kappa shape index (κ2) is 7.32. The van der Waals surface area contributed by atoms with Crippen molar-refractivity contribution in [1.82, 2.24) is 5.32 Å². The molecule has 2 unspecified atom stereocenters. The Bertz CT molecular complexity index is 157. The van der Waals surface area contributed by atoms with E-state index in [1.54, 1.807) is 21.3 Å². The maximum atomic E-state index is 5.69. The number of nitrogens with one attached hydrogen (secondary N) is 1. The standard InChI is InChI=1S/C9H24N2O3Si/c1-6-9(11-8(2)10)7-15(12-3,13-4)14-5/h8-9,11H,6-7,10H2,1-5H3. The first-order valence-corrected chi connectivity index (χ1v) is 7.13. The highest BCUT2D eigenvalue weighted by Gasteiger charge is 2.40. The van der Waals surface area contributed by atoms with Crippen molar-refractivity contribution in [3.8, 4) is 0 Å². The van der Waals surface area contributed by atoms with Crippen LogP contribution in [0.5, 0.6) is 0 Å². The van der Waals surface area contributed by atoms with Gasteiger partial charge in [-0.3, -0.25) is 5.32 Å². The van der Waals surface area contributed by atoms with Gasteiger partial charge in [0.1, 0.15) is 0 Å². The lowest BCUT2D eigenvalue weighted by atomic mass is 10.2. The predicted molar refractivity (Wildman–Crippen MR) is 62.5 cm³/mol. The molecule has 0 radical (unpaired) electrons. The van der Waals surface area contributed by atoms with Crippen LogP contribution in [-0.2, 0) is 13.3 Å². The lowest BCUT2D eigenvalue weighted by Crippen LogP contribution is -2.51. The summed E-state index contributed by atoms with van der Waals surface area (Å²) in [6, 6.07) is 0.991. The number of nitrogens with two attached hydrogens (primary N) is 1. The molecule has 0 aliphatic carbocycles. The summed E-state index contributed by atoms with van der Waals surface area (Å²) in [5, 5.41) is 3.26. The SMILES string of the molecule is CCC(C[Si](OC)(OC)OC)NC(C)N. The van der Waals surface area contributed by atoms with Gasteiger partial charge in [0.2, 0.25) is 0 Å². The van der Waals surface area contributed by atoms with Crippen molar-refractivity contribution >= 4 is 8.80 Å². The fraction of sp³-hybridized carbons (Fsp3) is 1.00. The highest BCUT2D eigenvalue weighted by molar-refractivity contribution is 6.60. The maximum Gasteiger partial charge on any atom is 0.501 e. The van der Waals surface area contributed by atoms with E-state index in [2.05, 4.69) is 12.2 Å². The fourth-order valence-electron chi connectivity index (χ4n) is 1.49. The zero-order valence-corrected chi connectivity index (χ0v) is 11.4. The van der Waals surface area contributed by atoms with E-state index in [0.29, 0.717) is 0 Å². The quantitative estimate of drug-likeness (QED) is 0.475. The van der Waals surface area contributed by atoms with Gasteiger partial charge < -0.3 is 19.0 Å². The summed E-state index contributed by atoms with van der Waals surface area (Å²) in [6.45, 7) is 4.01. The summed E-state index contributed by atoms with van der Waals surface area (Å²) >= 11 is 0. The summed E-state index contributed by atoms with van der Waals surface area (Å²) in [5.41, 5.74) is 5.69. The van der Waals surface area contributed by atoms with Crippen LogP contribution in [0.3, 0.4) is 0 Å². The van der Waals surface area contributed by atoms with E-state index in [-0.39, 0.29) is 12.2 Å². The third kappa shape index (κ3) is 5.05. The molecule has 0 aromatic heterocycles. The van der Waals surface area contributed by atoms with E-state index in [1.807, 2.05) is 6.92 Å². The number of hydrogen-bond acceptors (Lipinski definition) is 5. The third-order valence-corrected chi connectivity index (χ3v) is 5.28. The zero-order valence-electron chi connectivity index (χ0n) is 10.4. The van der Waals surface area contributed by atoms with Gasteiger partial charge in [0, 0.05) is 33.4 Å². The Kier molecular flexibility index (Phi) is 7.32. The minimum atomic E-state index is -2.49. The minimum absolute atomic E-state index is 0.0350. The highest BCUT2D eigenvalue weighted by Crippen LogP contribution is 2.16. The molecule has 0 aromatic carbocycles. The van der Waals surface area contributed by atoms with Crippen LogP contribution in [-0.4, -0.2) is 42.3 Å². The van der Waals surface area contributed by atoms with Gasteiger partial charge in [0.05, 0.1) is 6.17 Å². The van der Waals surface area contributed by atoms with Crippen molar-refractivity contribution in [2.45, 2.75) is 38.5 Å². The molecule has 0 bridgehead atoms. The Balaban J connectivity index is 4.34. The first-order chi connectivity index (χ1) is 7.03. The molecule has 92 valence electrons. The van der Waals surface area contributed by atoms with Crippen molar-refractivity contribution in [3.63, 3.8) is 0 Å². The predicted octanol–water partition coefficient (Wildman–Crippen LogP) is 0.537. The molecular formula is C9H24N2O3Si. The van der Waals surface area contributed by atoms with Gasteiger partial charge in [0.15, 0.2) is 0 Å². The van der Waals surface area contributed by atoms with Crippen LogP contribution in [0, 0.1) is 0 Å². The molecule has 0 aliphatic rings. The second-order valence-corrected chi connectivity index (χ2v) is 6.56. The van der Waals surface area contributed by atoms with Crippen LogP contribution in [0.4, 0.5) is 0 Å². The Morgan fingerprint density at radius 3 is 1.93 bits per heavy atom. The van der Waals surface area contributed by atoms with Gasteiger partial charge in [-0.05, 0) is 13.3 Å². The monoisotopic (exact) mass is 236 g/mol. The summed E-state index contributed by atoms with van der Waals surface area (Å²) in [6.07, 6.45) is 0.930. The largest absolute Gasteiger partial charge is 0.501 e. The average molecular weight is 236 g/mol. The van der Waals surface area contributed by atoms with Crippen molar-refractivity contribution in [2.75, 3.05) is 21.3 Å².